The Balaban J connectivity index is 1.34. The minimum atomic E-state index is 1.14. The number of aromatic nitrogens is 3. The van der Waals surface area contributed by atoms with Gasteiger partial charge in [0, 0.05) is 46.6 Å². The van der Waals surface area contributed by atoms with Gasteiger partial charge < -0.3 is 4.57 Å². The second-order valence-corrected chi connectivity index (χ2v) is 12.6. The third-order valence-electron chi connectivity index (χ3n) is 9.95. The Kier molecular flexibility index (Phi) is 6.18. The number of fused-ring (bicyclic) bond motifs is 7. The van der Waals surface area contributed by atoms with Crippen LogP contribution in [0.5, 0.6) is 0 Å². The quantitative estimate of drug-likeness (QED) is 0.183. The number of benzene rings is 7. The first-order chi connectivity index (χ1) is 24.3. The number of hydrogen-bond donors (Lipinski definition) is 0. The molecule has 0 atom stereocenters. The highest BCUT2D eigenvalue weighted by molar-refractivity contribution is 6.24. The number of pyridine rings is 2. The summed E-state index contributed by atoms with van der Waals surface area (Å²) >= 11 is 0. The molecule has 10 aromatic rings. The Bertz CT molecular complexity index is 2850. The summed E-state index contributed by atoms with van der Waals surface area (Å²) in [7, 11) is 0. The summed E-state index contributed by atoms with van der Waals surface area (Å²) in [5, 5.41) is 9.70. The second-order valence-electron chi connectivity index (χ2n) is 12.6. The fraction of sp³-hybridized carbons (Fsp3) is 0. The van der Waals surface area contributed by atoms with Gasteiger partial charge in [-0.2, -0.15) is 0 Å². The van der Waals surface area contributed by atoms with Crippen molar-refractivity contribution in [3.05, 3.63) is 176 Å². The average Bonchev–Trinajstić information content (AvgIpc) is 3.52. The Morgan fingerprint density at radius 3 is 1.71 bits per heavy atom. The maximum Gasteiger partial charge on any atom is 0.0620 e. The van der Waals surface area contributed by atoms with Gasteiger partial charge in [0.2, 0.25) is 0 Å². The van der Waals surface area contributed by atoms with E-state index in [9.17, 15) is 0 Å². The van der Waals surface area contributed by atoms with Crippen LogP contribution in [0.3, 0.4) is 0 Å². The monoisotopic (exact) mass is 623 g/mol. The van der Waals surface area contributed by atoms with Crippen LogP contribution < -0.4 is 0 Å². The summed E-state index contributed by atoms with van der Waals surface area (Å²) in [6, 6.07) is 54.9. The van der Waals surface area contributed by atoms with Crippen molar-refractivity contribution in [3.63, 3.8) is 0 Å². The molecule has 3 heterocycles. The van der Waals surface area contributed by atoms with Gasteiger partial charge in [0.1, 0.15) is 0 Å². The first-order valence-electron chi connectivity index (χ1n) is 16.6. The van der Waals surface area contributed by atoms with Crippen LogP contribution in [-0.2, 0) is 0 Å². The lowest BCUT2D eigenvalue weighted by molar-refractivity contribution is 1.18. The van der Waals surface area contributed by atoms with E-state index in [1.54, 1.807) is 0 Å². The highest BCUT2D eigenvalue weighted by atomic mass is 15.0. The zero-order valence-corrected chi connectivity index (χ0v) is 26.6. The van der Waals surface area contributed by atoms with Crippen LogP contribution in [-0.4, -0.2) is 14.5 Å². The van der Waals surface area contributed by atoms with Crippen molar-refractivity contribution in [1.29, 1.82) is 0 Å². The Morgan fingerprint density at radius 2 is 0.959 bits per heavy atom. The minimum Gasteiger partial charge on any atom is -0.309 e. The topological polar surface area (TPSA) is 30.7 Å². The molecule has 10 rings (SSSR count). The van der Waals surface area contributed by atoms with Crippen LogP contribution >= 0.6 is 0 Å². The summed E-state index contributed by atoms with van der Waals surface area (Å²) in [5.74, 6) is 0. The summed E-state index contributed by atoms with van der Waals surface area (Å²) in [4.78, 5) is 8.95. The molecule has 0 unspecified atom stereocenters. The van der Waals surface area contributed by atoms with Gasteiger partial charge in [-0.1, -0.05) is 109 Å². The number of hydrogen-bond acceptors (Lipinski definition) is 2. The zero-order chi connectivity index (χ0) is 32.3. The molecule has 7 aromatic carbocycles. The molecule has 0 bridgehead atoms. The van der Waals surface area contributed by atoms with Crippen molar-refractivity contribution < 1.29 is 0 Å². The van der Waals surface area contributed by atoms with Crippen LogP contribution in [0.4, 0.5) is 0 Å². The van der Waals surface area contributed by atoms with E-state index in [-0.39, 0.29) is 0 Å². The molecule has 0 radical (unpaired) electrons. The highest BCUT2D eigenvalue weighted by Gasteiger charge is 2.20. The second kappa shape index (κ2) is 11.0. The minimum absolute atomic E-state index is 1.14. The molecular weight excluding hydrogens is 595 g/mol. The van der Waals surface area contributed by atoms with Crippen molar-refractivity contribution in [2.75, 3.05) is 0 Å². The van der Waals surface area contributed by atoms with E-state index in [0.29, 0.717) is 0 Å². The molecule has 0 spiro atoms. The smallest absolute Gasteiger partial charge is 0.0620 e. The van der Waals surface area contributed by atoms with Crippen LogP contribution in [0.1, 0.15) is 0 Å². The van der Waals surface area contributed by atoms with Crippen LogP contribution in [0.25, 0.3) is 93.2 Å². The number of nitrogens with zero attached hydrogens (tertiary/aromatic N) is 3. The standard InChI is InChI=1S/C46H29N3/c1-3-11-30(12-4-1)44-35-16-8-9-17-36(35)45(31-21-24-47-25-22-31)40-27-32(19-20-37(40)44)39-28-41-42-29-48-26-23-43(42)49(33-13-5-2-6-14-33)46(41)38-18-10-7-15-34(38)39/h1-29H. The average molecular weight is 624 g/mol. The van der Waals surface area contributed by atoms with E-state index in [1.165, 1.54) is 71.0 Å². The predicted octanol–water partition coefficient (Wildman–Crippen LogP) is 12.0. The first kappa shape index (κ1) is 27.5. The van der Waals surface area contributed by atoms with Crippen molar-refractivity contribution in [2.45, 2.75) is 0 Å². The molecule has 0 fully saturated rings. The molecule has 0 aliphatic heterocycles. The molecule has 3 nitrogen and oxygen atoms in total. The molecule has 3 heteroatoms. The molecule has 49 heavy (non-hydrogen) atoms. The van der Waals surface area contributed by atoms with Gasteiger partial charge in [0.05, 0.1) is 11.0 Å². The molecule has 0 saturated heterocycles. The molecule has 0 N–H and O–H groups in total. The lowest BCUT2D eigenvalue weighted by Gasteiger charge is -2.19. The van der Waals surface area contributed by atoms with Gasteiger partial charge in [-0.05, 0) is 103 Å². The maximum absolute atomic E-state index is 4.59. The van der Waals surface area contributed by atoms with Crippen LogP contribution in [0.2, 0.25) is 0 Å². The summed E-state index contributed by atoms with van der Waals surface area (Å²) < 4.78 is 2.39. The van der Waals surface area contributed by atoms with Crippen molar-refractivity contribution >= 4 is 54.1 Å². The van der Waals surface area contributed by atoms with Gasteiger partial charge in [-0.15, -0.1) is 0 Å². The van der Waals surface area contributed by atoms with E-state index in [1.807, 2.05) is 24.8 Å². The lowest BCUT2D eigenvalue weighted by Crippen LogP contribution is -1.95. The third-order valence-corrected chi connectivity index (χ3v) is 9.95. The molecule has 0 aliphatic rings. The van der Waals surface area contributed by atoms with Gasteiger partial charge in [-0.3, -0.25) is 9.97 Å². The van der Waals surface area contributed by atoms with E-state index in [4.69, 9.17) is 0 Å². The highest BCUT2D eigenvalue weighted by Crippen LogP contribution is 2.46. The summed E-state index contributed by atoms with van der Waals surface area (Å²) in [6.07, 6.45) is 7.68. The number of para-hydroxylation sites is 1. The Labute approximate surface area is 283 Å². The third kappa shape index (κ3) is 4.23. The molecule has 0 amide bonds. The molecule has 0 aliphatic carbocycles. The van der Waals surface area contributed by atoms with E-state index < -0.39 is 0 Å². The maximum atomic E-state index is 4.59. The molecule has 0 saturated carbocycles. The van der Waals surface area contributed by atoms with Crippen LogP contribution in [0.15, 0.2) is 176 Å². The van der Waals surface area contributed by atoms with Crippen molar-refractivity contribution in [1.82, 2.24) is 14.5 Å². The normalized spacial score (nSPS) is 11.7. The predicted molar refractivity (Wildman–Crippen MR) is 205 cm³/mol. The van der Waals surface area contributed by atoms with Gasteiger partial charge >= 0.3 is 0 Å². The van der Waals surface area contributed by atoms with Gasteiger partial charge in [-0.25, -0.2) is 0 Å². The lowest BCUT2D eigenvalue weighted by atomic mass is 9.84. The number of rotatable bonds is 4. The van der Waals surface area contributed by atoms with E-state index >= 15 is 0 Å². The van der Waals surface area contributed by atoms with Crippen LogP contribution in [0, 0.1) is 0 Å². The molecular formula is C46H29N3. The first-order valence-corrected chi connectivity index (χ1v) is 16.6. The fourth-order valence-electron chi connectivity index (χ4n) is 7.89. The largest absolute Gasteiger partial charge is 0.309 e. The molecule has 228 valence electrons. The Morgan fingerprint density at radius 1 is 0.367 bits per heavy atom. The Hall–Kier alpha value is -6.58. The zero-order valence-electron chi connectivity index (χ0n) is 26.6. The van der Waals surface area contributed by atoms with E-state index in [0.717, 1.165) is 22.2 Å². The van der Waals surface area contributed by atoms with Gasteiger partial charge in [0.25, 0.3) is 0 Å². The van der Waals surface area contributed by atoms with Gasteiger partial charge in [0.15, 0.2) is 0 Å². The molecule has 3 aromatic heterocycles. The SMILES string of the molecule is c1ccc(-c2c3ccccc3c(-c3ccncc3)c3cc(-c4cc5c6cnccc6n(-c6ccccc6)c5c5ccccc45)ccc23)cc1. The van der Waals surface area contributed by atoms with Crippen molar-refractivity contribution in [3.8, 4) is 39.1 Å². The summed E-state index contributed by atoms with van der Waals surface area (Å²) in [5.41, 5.74) is 10.7. The van der Waals surface area contributed by atoms with Crippen molar-refractivity contribution in [2.24, 2.45) is 0 Å². The fourth-order valence-corrected chi connectivity index (χ4v) is 7.89. The van der Waals surface area contributed by atoms with E-state index in [2.05, 4.69) is 166 Å². The summed E-state index contributed by atoms with van der Waals surface area (Å²) in [6.45, 7) is 0.